The first-order chi connectivity index (χ1) is 15.9. The SMILES string of the molecule is COc1ccc(C2=CC(=O)N3C=C(N4C[C@@H]5CN(C(C)C)C[C@@H]5C4)C=C/C3=C\C=C2)cc1F. The third-order valence-electron chi connectivity index (χ3n) is 7.12. The van der Waals surface area contributed by atoms with E-state index >= 15 is 0 Å². The van der Waals surface area contributed by atoms with Crippen molar-refractivity contribution in [3.8, 4) is 5.75 Å². The second-order valence-corrected chi connectivity index (χ2v) is 9.47. The molecule has 1 amide bonds. The Morgan fingerprint density at radius 1 is 1.03 bits per heavy atom. The molecule has 5 nitrogen and oxygen atoms in total. The minimum absolute atomic E-state index is 0.149. The zero-order chi connectivity index (χ0) is 23.1. The van der Waals surface area contributed by atoms with Crippen LogP contribution in [0.4, 0.5) is 4.39 Å². The van der Waals surface area contributed by atoms with Crippen LogP contribution in [0.5, 0.6) is 5.75 Å². The summed E-state index contributed by atoms with van der Waals surface area (Å²) in [6.45, 7) is 8.89. The van der Waals surface area contributed by atoms with Crippen LogP contribution in [0.1, 0.15) is 19.4 Å². The van der Waals surface area contributed by atoms with Crippen LogP contribution >= 0.6 is 0 Å². The summed E-state index contributed by atoms with van der Waals surface area (Å²) in [5, 5.41) is 0. The van der Waals surface area contributed by atoms with Crippen LogP contribution in [0.15, 0.2) is 72.2 Å². The molecule has 0 aromatic heterocycles. The first-order valence-corrected chi connectivity index (χ1v) is 11.6. The summed E-state index contributed by atoms with van der Waals surface area (Å²) in [5.41, 5.74) is 3.18. The lowest BCUT2D eigenvalue weighted by molar-refractivity contribution is -0.122. The molecule has 5 rings (SSSR count). The van der Waals surface area contributed by atoms with Crippen LogP contribution in [-0.4, -0.2) is 59.9 Å². The van der Waals surface area contributed by atoms with Gasteiger partial charge in [-0.25, -0.2) is 4.39 Å². The molecule has 1 aromatic rings. The van der Waals surface area contributed by atoms with E-state index in [4.69, 9.17) is 4.74 Å². The van der Waals surface area contributed by atoms with Crippen molar-refractivity contribution in [1.82, 2.24) is 14.7 Å². The van der Waals surface area contributed by atoms with Crippen LogP contribution in [0.3, 0.4) is 0 Å². The Kier molecular flexibility index (Phi) is 5.71. The fraction of sp³-hybridized carbons (Fsp3) is 0.370. The van der Waals surface area contributed by atoms with Crippen molar-refractivity contribution in [3.63, 3.8) is 0 Å². The number of carbonyl (C=O) groups is 1. The van der Waals surface area contributed by atoms with Crippen molar-refractivity contribution in [3.05, 3.63) is 83.6 Å². The lowest BCUT2D eigenvalue weighted by Crippen LogP contribution is -2.34. The molecule has 0 N–H and O–H groups in total. The van der Waals surface area contributed by atoms with E-state index in [2.05, 4.69) is 29.7 Å². The maximum absolute atomic E-state index is 14.2. The van der Waals surface area contributed by atoms with E-state index in [0.717, 1.165) is 37.6 Å². The van der Waals surface area contributed by atoms with Gasteiger partial charge in [-0.1, -0.05) is 18.2 Å². The molecule has 1 aromatic carbocycles. The highest BCUT2D eigenvalue weighted by atomic mass is 19.1. The predicted octanol–water partition coefficient (Wildman–Crippen LogP) is 4.18. The number of fused-ring (bicyclic) bond motifs is 2. The van der Waals surface area contributed by atoms with Crippen LogP contribution < -0.4 is 4.74 Å². The van der Waals surface area contributed by atoms with Crippen molar-refractivity contribution in [2.24, 2.45) is 11.8 Å². The monoisotopic (exact) mass is 447 g/mol. The largest absolute Gasteiger partial charge is 0.494 e. The van der Waals surface area contributed by atoms with Crippen molar-refractivity contribution in [2.45, 2.75) is 19.9 Å². The number of methoxy groups -OCH3 is 1. The third kappa shape index (κ3) is 4.15. The van der Waals surface area contributed by atoms with Gasteiger partial charge in [0, 0.05) is 50.2 Å². The number of halogens is 1. The van der Waals surface area contributed by atoms with Crippen molar-refractivity contribution in [2.75, 3.05) is 33.3 Å². The number of allylic oxidation sites excluding steroid dienone is 6. The molecule has 0 aliphatic carbocycles. The maximum atomic E-state index is 14.2. The van der Waals surface area contributed by atoms with Gasteiger partial charge in [0.25, 0.3) is 5.91 Å². The number of carbonyl (C=O) groups excluding carboxylic acids is 1. The van der Waals surface area contributed by atoms with Gasteiger partial charge < -0.3 is 14.5 Å². The standard InChI is InChI=1S/C27H30FN3O2/c1-18(2)29-13-21-15-30(16-22(21)14-29)24-9-8-23-6-4-5-19(12-27(32)31(23)17-24)20-7-10-26(33-3)25(28)11-20/h4-12,17-18,21-22H,13-16H2,1-3H3/b5-4?,19-12?,23-6+/t21-,22+. The van der Waals surface area contributed by atoms with Gasteiger partial charge >= 0.3 is 0 Å². The average Bonchev–Trinajstić information content (AvgIpc) is 3.37. The van der Waals surface area contributed by atoms with Crippen molar-refractivity contribution >= 4 is 11.5 Å². The zero-order valence-corrected chi connectivity index (χ0v) is 19.4. The van der Waals surface area contributed by atoms with Crippen molar-refractivity contribution in [1.29, 1.82) is 0 Å². The Morgan fingerprint density at radius 2 is 1.76 bits per heavy atom. The highest BCUT2D eigenvalue weighted by Crippen LogP contribution is 2.35. The number of hydrogen-bond acceptors (Lipinski definition) is 4. The summed E-state index contributed by atoms with van der Waals surface area (Å²) in [5.74, 6) is 0.947. The highest BCUT2D eigenvalue weighted by molar-refractivity contribution is 5.99. The van der Waals surface area contributed by atoms with E-state index < -0.39 is 5.82 Å². The van der Waals surface area contributed by atoms with E-state index in [1.165, 1.54) is 13.2 Å². The number of benzene rings is 1. The molecule has 2 atom stereocenters. The van der Waals surface area contributed by atoms with Gasteiger partial charge in [-0.2, -0.15) is 0 Å². The number of ether oxygens (including phenoxy) is 1. The second-order valence-electron chi connectivity index (χ2n) is 9.47. The molecule has 0 spiro atoms. The third-order valence-corrected chi connectivity index (χ3v) is 7.12. The molecule has 0 bridgehead atoms. The van der Waals surface area contributed by atoms with E-state index in [1.54, 1.807) is 23.1 Å². The quantitative estimate of drug-likeness (QED) is 0.694. The lowest BCUT2D eigenvalue weighted by atomic mass is 10.0. The van der Waals surface area contributed by atoms with E-state index in [9.17, 15) is 9.18 Å². The van der Waals surface area contributed by atoms with Gasteiger partial charge in [0.15, 0.2) is 11.6 Å². The minimum Gasteiger partial charge on any atom is -0.494 e. The maximum Gasteiger partial charge on any atom is 0.255 e. The first-order valence-electron chi connectivity index (χ1n) is 11.6. The molecule has 4 aliphatic rings. The van der Waals surface area contributed by atoms with Gasteiger partial charge in [0.2, 0.25) is 0 Å². The zero-order valence-electron chi connectivity index (χ0n) is 19.4. The van der Waals surface area contributed by atoms with Gasteiger partial charge in [-0.15, -0.1) is 0 Å². The van der Waals surface area contributed by atoms with E-state index in [1.807, 2.05) is 30.5 Å². The summed E-state index contributed by atoms with van der Waals surface area (Å²) >= 11 is 0. The summed E-state index contributed by atoms with van der Waals surface area (Å²) in [6.07, 6.45) is 13.3. The van der Waals surface area contributed by atoms with Crippen LogP contribution in [0.2, 0.25) is 0 Å². The number of nitrogens with zero attached hydrogens (tertiary/aromatic N) is 3. The molecule has 2 saturated heterocycles. The van der Waals surface area contributed by atoms with Crippen LogP contribution in [0, 0.1) is 17.7 Å². The summed E-state index contributed by atoms with van der Waals surface area (Å²) in [4.78, 5) is 19.9. The number of rotatable bonds is 4. The van der Waals surface area contributed by atoms with Gasteiger partial charge in [-0.3, -0.25) is 9.69 Å². The summed E-state index contributed by atoms with van der Waals surface area (Å²) < 4.78 is 19.2. The van der Waals surface area contributed by atoms with Gasteiger partial charge in [0.05, 0.1) is 12.8 Å². The number of hydrogen-bond donors (Lipinski definition) is 0. The fourth-order valence-corrected chi connectivity index (χ4v) is 5.20. The molecule has 4 heterocycles. The molecule has 4 aliphatic heterocycles. The topological polar surface area (TPSA) is 36.0 Å². The summed E-state index contributed by atoms with van der Waals surface area (Å²) in [7, 11) is 1.44. The smallest absolute Gasteiger partial charge is 0.255 e. The number of amides is 1. The minimum atomic E-state index is -0.450. The summed E-state index contributed by atoms with van der Waals surface area (Å²) in [6, 6.07) is 5.33. The van der Waals surface area contributed by atoms with Crippen molar-refractivity contribution < 1.29 is 13.9 Å². The molecule has 172 valence electrons. The molecule has 0 radical (unpaired) electrons. The Bertz CT molecular complexity index is 1100. The predicted molar refractivity (Wildman–Crippen MR) is 127 cm³/mol. The molecule has 33 heavy (non-hydrogen) atoms. The lowest BCUT2D eigenvalue weighted by Gasteiger charge is -2.30. The average molecular weight is 448 g/mol. The van der Waals surface area contributed by atoms with E-state index in [-0.39, 0.29) is 11.7 Å². The Morgan fingerprint density at radius 3 is 2.42 bits per heavy atom. The molecule has 0 saturated carbocycles. The Balaban J connectivity index is 1.36. The Hall–Kier alpha value is -3.12. The molecule has 6 heteroatoms. The molecule has 2 fully saturated rings. The number of likely N-dealkylation sites (tertiary alicyclic amines) is 2. The molecular formula is C27H30FN3O2. The van der Waals surface area contributed by atoms with Gasteiger partial charge in [0.1, 0.15) is 0 Å². The van der Waals surface area contributed by atoms with Crippen LogP contribution in [-0.2, 0) is 4.79 Å². The second kappa shape index (κ2) is 8.67. The molecule has 0 unspecified atom stereocenters. The fourth-order valence-electron chi connectivity index (χ4n) is 5.20. The Labute approximate surface area is 194 Å². The highest BCUT2D eigenvalue weighted by Gasteiger charge is 2.41. The van der Waals surface area contributed by atoms with Gasteiger partial charge in [-0.05, 0) is 67.2 Å². The first kappa shape index (κ1) is 21.7. The molecular weight excluding hydrogens is 417 g/mol. The normalized spacial score (nSPS) is 26.5. The van der Waals surface area contributed by atoms with Crippen LogP contribution in [0.25, 0.3) is 5.57 Å². The van der Waals surface area contributed by atoms with E-state index in [0.29, 0.717) is 29.0 Å².